The van der Waals surface area contributed by atoms with Gasteiger partial charge in [0, 0.05) is 32.7 Å². The van der Waals surface area contributed by atoms with Crippen LogP contribution in [0.4, 0.5) is 10.5 Å². The molecule has 0 heterocycles. The number of amides is 2. The van der Waals surface area contributed by atoms with Gasteiger partial charge in [0.15, 0.2) is 0 Å². The maximum absolute atomic E-state index is 13.3. The van der Waals surface area contributed by atoms with E-state index in [1.807, 2.05) is 7.05 Å². The molecule has 3 rings (SSSR count). The maximum atomic E-state index is 13.3. The lowest BCUT2D eigenvalue weighted by molar-refractivity contribution is 0.109. The van der Waals surface area contributed by atoms with Crippen molar-refractivity contribution in [1.82, 2.24) is 9.80 Å². The highest BCUT2D eigenvalue weighted by Crippen LogP contribution is 2.41. The van der Waals surface area contributed by atoms with Gasteiger partial charge in [-0.15, -0.1) is 0 Å². The van der Waals surface area contributed by atoms with E-state index in [1.165, 1.54) is 69.9 Å². The zero-order valence-corrected chi connectivity index (χ0v) is 14.5. The predicted molar refractivity (Wildman–Crippen MR) is 96.4 cm³/mol. The SMILES string of the molecule is CNC(=O)[N+](c1ccccc1)(C1CCCCC1)C1CCCCC1. The van der Waals surface area contributed by atoms with Gasteiger partial charge >= 0.3 is 6.03 Å². The fourth-order valence-electron chi connectivity index (χ4n) is 5.00. The molecule has 3 heteroatoms. The summed E-state index contributed by atoms with van der Waals surface area (Å²) in [6.45, 7) is 0. The quantitative estimate of drug-likeness (QED) is 0.781. The van der Waals surface area contributed by atoms with E-state index in [-0.39, 0.29) is 6.03 Å². The van der Waals surface area contributed by atoms with Crippen molar-refractivity contribution in [2.45, 2.75) is 76.3 Å². The monoisotopic (exact) mass is 315 g/mol. The Bertz CT molecular complexity index is 484. The minimum absolute atomic E-state index is 0.204. The van der Waals surface area contributed by atoms with Crippen LogP contribution in [-0.4, -0.2) is 25.2 Å². The third-order valence-electron chi connectivity index (χ3n) is 6.03. The molecule has 0 spiro atoms. The second-order valence-corrected chi connectivity index (χ2v) is 7.25. The topological polar surface area (TPSA) is 29.1 Å². The van der Waals surface area contributed by atoms with Crippen molar-refractivity contribution in [1.29, 1.82) is 0 Å². The number of nitrogens with one attached hydrogen (secondary N) is 1. The summed E-state index contributed by atoms with van der Waals surface area (Å²) in [5, 5.41) is 3.03. The molecule has 0 radical (unpaired) electrons. The number of nitrogens with zero attached hydrogens (tertiary/aromatic N) is 1. The Balaban J connectivity index is 2.09. The van der Waals surface area contributed by atoms with Gasteiger partial charge in [0.2, 0.25) is 0 Å². The number of quaternary nitrogens is 1. The molecular weight excluding hydrogens is 284 g/mol. The van der Waals surface area contributed by atoms with E-state index in [0.29, 0.717) is 16.6 Å². The number of benzene rings is 1. The lowest BCUT2D eigenvalue weighted by Gasteiger charge is -2.49. The standard InChI is InChI=1S/C20H30N2O/c1-21-20(23)22(17-11-5-2-6-12-17,18-13-7-3-8-14-18)19-15-9-4-10-16-19/h2,5-6,11-12,18-19H,3-4,7-10,13-16H2,1H3/p+1. The molecule has 2 fully saturated rings. The maximum Gasteiger partial charge on any atom is 0.421 e. The Morgan fingerprint density at radius 3 is 1.78 bits per heavy atom. The molecule has 1 aromatic rings. The molecule has 0 bridgehead atoms. The molecule has 0 unspecified atom stereocenters. The summed E-state index contributed by atoms with van der Waals surface area (Å²) in [5.74, 6) is 0. The fourth-order valence-corrected chi connectivity index (χ4v) is 5.00. The third kappa shape index (κ3) is 3.03. The van der Waals surface area contributed by atoms with E-state index < -0.39 is 0 Å². The Labute approximate surface area is 140 Å². The van der Waals surface area contributed by atoms with E-state index in [1.54, 1.807) is 0 Å². The summed E-state index contributed by atoms with van der Waals surface area (Å²) in [7, 11) is 1.81. The van der Waals surface area contributed by atoms with Gasteiger partial charge in [0.1, 0.15) is 17.8 Å². The first-order valence-corrected chi connectivity index (χ1v) is 9.46. The molecule has 2 amide bonds. The Morgan fingerprint density at radius 2 is 1.35 bits per heavy atom. The van der Waals surface area contributed by atoms with Crippen LogP contribution >= 0.6 is 0 Å². The Hall–Kier alpha value is -1.35. The van der Waals surface area contributed by atoms with Crippen LogP contribution in [0.25, 0.3) is 0 Å². The van der Waals surface area contributed by atoms with E-state index >= 15 is 0 Å². The third-order valence-corrected chi connectivity index (χ3v) is 6.03. The van der Waals surface area contributed by atoms with Gasteiger partial charge in [0.25, 0.3) is 0 Å². The predicted octanol–water partition coefficient (Wildman–Crippen LogP) is 5.00. The van der Waals surface area contributed by atoms with Gasteiger partial charge in [-0.3, -0.25) is 0 Å². The minimum Gasteiger partial charge on any atom is -0.308 e. The highest BCUT2D eigenvalue weighted by Gasteiger charge is 2.52. The molecule has 0 aromatic heterocycles. The van der Waals surface area contributed by atoms with Gasteiger partial charge < -0.3 is 5.32 Å². The van der Waals surface area contributed by atoms with E-state index in [4.69, 9.17) is 0 Å². The van der Waals surface area contributed by atoms with Gasteiger partial charge in [-0.25, -0.2) is 9.28 Å². The first-order valence-electron chi connectivity index (χ1n) is 9.46. The van der Waals surface area contributed by atoms with Crippen LogP contribution in [0.3, 0.4) is 0 Å². The van der Waals surface area contributed by atoms with Crippen molar-refractivity contribution in [3.8, 4) is 0 Å². The summed E-state index contributed by atoms with van der Waals surface area (Å²) >= 11 is 0. The first kappa shape index (κ1) is 16.5. The van der Waals surface area contributed by atoms with Crippen LogP contribution in [0, 0.1) is 0 Å². The second kappa shape index (κ2) is 7.48. The van der Waals surface area contributed by atoms with Crippen molar-refractivity contribution in [3.05, 3.63) is 30.3 Å². The molecule has 0 aliphatic heterocycles. The largest absolute Gasteiger partial charge is 0.421 e. The van der Waals surface area contributed by atoms with Crippen LogP contribution in [0.5, 0.6) is 0 Å². The van der Waals surface area contributed by atoms with E-state index in [0.717, 1.165) is 0 Å². The zero-order valence-electron chi connectivity index (χ0n) is 14.5. The highest BCUT2D eigenvalue weighted by molar-refractivity contribution is 5.88. The first-order chi connectivity index (χ1) is 11.3. The second-order valence-electron chi connectivity index (χ2n) is 7.25. The molecule has 23 heavy (non-hydrogen) atoms. The van der Waals surface area contributed by atoms with Crippen LogP contribution < -0.4 is 9.80 Å². The van der Waals surface area contributed by atoms with Gasteiger partial charge in [-0.2, -0.15) is 0 Å². The molecule has 2 aliphatic rings. The minimum atomic E-state index is 0.204. The summed E-state index contributed by atoms with van der Waals surface area (Å²) in [6.07, 6.45) is 12.4. The number of hydrogen-bond donors (Lipinski definition) is 1. The zero-order chi connectivity index (χ0) is 16.1. The van der Waals surface area contributed by atoms with Crippen molar-refractivity contribution >= 4 is 11.7 Å². The van der Waals surface area contributed by atoms with Crippen molar-refractivity contribution < 1.29 is 4.79 Å². The van der Waals surface area contributed by atoms with Crippen molar-refractivity contribution in [2.24, 2.45) is 0 Å². The fraction of sp³-hybridized carbons (Fsp3) is 0.650. The van der Waals surface area contributed by atoms with Gasteiger partial charge in [0.05, 0.1) is 0 Å². The number of carbonyl (C=O) groups is 1. The van der Waals surface area contributed by atoms with Crippen molar-refractivity contribution in [3.63, 3.8) is 0 Å². The number of urea groups is 1. The molecular formula is C20H31N2O+. The number of carbonyl (C=O) groups excluding carboxylic acids is 1. The normalized spacial score (nSPS) is 21.1. The summed E-state index contributed by atoms with van der Waals surface area (Å²) in [5.41, 5.74) is 1.20. The molecule has 3 nitrogen and oxygen atoms in total. The van der Waals surface area contributed by atoms with Crippen LogP contribution in [-0.2, 0) is 0 Å². The van der Waals surface area contributed by atoms with Crippen molar-refractivity contribution in [2.75, 3.05) is 7.05 Å². The summed E-state index contributed by atoms with van der Waals surface area (Å²) in [6, 6.07) is 11.7. The van der Waals surface area contributed by atoms with Crippen LogP contribution in [0.15, 0.2) is 30.3 Å². The molecule has 126 valence electrons. The summed E-state index contributed by atoms with van der Waals surface area (Å²) in [4.78, 5) is 13.3. The van der Waals surface area contributed by atoms with Gasteiger partial charge in [-0.05, 0) is 37.8 Å². The highest BCUT2D eigenvalue weighted by atomic mass is 16.2. The van der Waals surface area contributed by atoms with Crippen LogP contribution in [0.1, 0.15) is 64.2 Å². The molecule has 2 aliphatic carbocycles. The van der Waals surface area contributed by atoms with E-state index in [9.17, 15) is 4.79 Å². The molecule has 1 aromatic carbocycles. The average Bonchev–Trinajstić information content (AvgIpc) is 2.65. The number of hydrogen-bond acceptors (Lipinski definition) is 1. The Kier molecular flexibility index (Phi) is 5.37. The van der Waals surface area contributed by atoms with E-state index in [2.05, 4.69) is 35.6 Å². The average molecular weight is 315 g/mol. The lowest BCUT2D eigenvalue weighted by atomic mass is 9.85. The van der Waals surface area contributed by atoms with Gasteiger partial charge in [-0.1, -0.05) is 31.0 Å². The molecule has 2 saturated carbocycles. The molecule has 0 saturated heterocycles. The number of para-hydroxylation sites is 1. The molecule has 1 N–H and O–H groups in total. The Morgan fingerprint density at radius 1 is 0.870 bits per heavy atom. The smallest absolute Gasteiger partial charge is 0.308 e. The van der Waals surface area contributed by atoms with Crippen LogP contribution in [0.2, 0.25) is 0 Å². The lowest BCUT2D eigenvalue weighted by Crippen LogP contribution is -2.69. The number of rotatable bonds is 3. The summed E-state index contributed by atoms with van der Waals surface area (Å²) < 4.78 is 0.553. The molecule has 0 atom stereocenters.